The molecule has 4 aromatic carbocycles. The van der Waals surface area contributed by atoms with Crippen LogP contribution in [-0.4, -0.2) is 6.66 Å². The van der Waals surface area contributed by atoms with E-state index >= 15 is 0 Å². The van der Waals surface area contributed by atoms with Crippen molar-refractivity contribution in [3.63, 3.8) is 0 Å². The molecule has 0 radical (unpaired) electrons. The SMILES string of the molecule is C[P+](c1ccccc1)(c1ccccc1)c1ccccc1C1CCC(C2CCC(c3ccc(F)c(F)c3)CC2)CC1. The van der Waals surface area contributed by atoms with Crippen LogP contribution >= 0.6 is 7.26 Å². The van der Waals surface area contributed by atoms with Crippen LogP contribution in [-0.2, 0) is 0 Å². The standard InChI is InChI=1S/C37H40F2P/c1-40(32-10-4-2-5-11-32,33-12-6-3-7-13-33)37-15-9-8-14-34(37)30-22-20-28(21-23-30)27-16-18-29(19-17-27)31-24-25-35(38)36(39)26-31/h2-15,24-30H,16-23H2,1H3/q+1. The average Bonchev–Trinajstić information content (AvgIpc) is 3.03. The van der Waals surface area contributed by atoms with Crippen LogP contribution in [0.15, 0.2) is 103 Å². The van der Waals surface area contributed by atoms with E-state index in [-0.39, 0.29) is 0 Å². The van der Waals surface area contributed by atoms with E-state index in [1.807, 2.05) is 0 Å². The smallest absolute Gasteiger partial charge is 0.159 e. The summed E-state index contributed by atoms with van der Waals surface area (Å²) >= 11 is 0. The van der Waals surface area contributed by atoms with E-state index in [9.17, 15) is 8.78 Å². The molecule has 0 heterocycles. The summed E-state index contributed by atoms with van der Waals surface area (Å²) in [6, 6.07) is 36.1. The van der Waals surface area contributed by atoms with Gasteiger partial charge in [0, 0.05) is 0 Å². The first kappa shape index (κ1) is 27.3. The predicted octanol–water partition coefficient (Wildman–Crippen LogP) is 9.14. The topological polar surface area (TPSA) is 0 Å². The van der Waals surface area contributed by atoms with Gasteiger partial charge in [0.25, 0.3) is 0 Å². The molecular formula is C37H40F2P+. The van der Waals surface area contributed by atoms with Gasteiger partial charge in [0.15, 0.2) is 11.6 Å². The first-order valence-electron chi connectivity index (χ1n) is 15.1. The van der Waals surface area contributed by atoms with Gasteiger partial charge < -0.3 is 0 Å². The van der Waals surface area contributed by atoms with Crippen molar-refractivity contribution in [3.05, 3.63) is 126 Å². The fourth-order valence-electron chi connectivity index (χ4n) is 7.71. The monoisotopic (exact) mass is 553 g/mol. The summed E-state index contributed by atoms with van der Waals surface area (Å²) in [5, 5.41) is 4.43. The number of halogens is 2. The van der Waals surface area contributed by atoms with Gasteiger partial charge >= 0.3 is 0 Å². The van der Waals surface area contributed by atoms with E-state index in [1.165, 1.54) is 61.3 Å². The molecule has 0 atom stereocenters. The summed E-state index contributed by atoms with van der Waals surface area (Å²) < 4.78 is 27.2. The van der Waals surface area contributed by atoms with Gasteiger partial charge in [-0.1, -0.05) is 60.7 Å². The number of hydrogen-bond donors (Lipinski definition) is 0. The summed E-state index contributed by atoms with van der Waals surface area (Å²) in [5.74, 6) is 1.08. The van der Waals surface area contributed by atoms with E-state index < -0.39 is 18.9 Å². The van der Waals surface area contributed by atoms with Crippen molar-refractivity contribution in [3.8, 4) is 0 Å². The van der Waals surface area contributed by atoms with Gasteiger partial charge in [-0.05, 0) is 129 Å². The van der Waals surface area contributed by atoms with E-state index in [2.05, 4.69) is 91.6 Å². The van der Waals surface area contributed by atoms with Crippen molar-refractivity contribution in [2.24, 2.45) is 11.8 Å². The highest BCUT2D eigenvalue weighted by molar-refractivity contribution is 7.95. The lowest BCUT2D eigenvalue weighted by Crippen LogP contribution is -2.33. The highest BCUT2D eigenvalue weighted by Crippen LogP contribution is 2.54. The van der Waals surface area contributed by atoms with Crippen molar-refractivity contribution in [1.29, 1.82) is 0 Å². The molecule has 0 nitrogen and oxygen atoms in total. The first-order valence-corrected chi connectivity index (χ1v) is 17.3. The lowest BCUT2D eigenvalue weighted by Gasteiger charge is -2.38. The Bertz CT molecular complexity index is 1360. The molecule has 0 amide bonds. The molecule has 0 spiro atoms. The zero-order chi connectivity index (χ0) is 27.5. The molecular weight excluding hydrogens is 513 g/mol. The zero-order valence-corrected chi connectivity index (χ0v) is 24.4. The van der Waals surface area contributed by atoms with Gasteiger partial charge in [-0.25, -0.2) is 8.78 Å². The third-order valence-electron chi connectivity index (χ3n) is 10.0. The summed E-state index contributed by atoms with van der Waals surface area (Å²) in [7, 11) is -1.77. The summed E-state index contributed by atoms with van der Waals surface area (Å²) in [5.41, 5.74) is 2.53. The maximum Gasteiger partial charge on any atom is 0.159 e. The number of benzene rings is 4. The Labute approximate surface area is 239 Å². The van der Waals surface area contributed by atoms with Crippen molar-refractivity contribution < 1.29 is 8.78 Å². The number of rotatable bonds is 6. The summed E-state index contributed by atoms with van der Waals surface area (Å²) in [4.78, 5) is 0. The summed E-state index contributed by atoms with van der Waals surface area (Å²) in [6.07, 6.45) is 9.72. The molecule has 0 bridgehead atoms. The van der Waals surface area contributed by atoms with Gasteiger partial charge in [0.1, 0.15) is 23.2 Å². The molecule has 2 aliphatic rings. The molecule has 0 aliphatic heterocycles. The molecule has 0 N–H and O–H groups in total. The van der Waals surface area contributed by atoms with Crippen LogP contribution in [0.4, 0.5) is 8.78 Å². The molecule has 206 valence electrons. The van der Waals surface area contributed by atoms with Crippen LogP contribution in [0.5, 0.6) is 0 Å². The van der Waals surface area contributed by atoms with Crippen molar-refractivity contribution in [2.75, 3.05) is 6.66 Å². The Morgan fingerprint density at radius 1 is 0.525 bits per heavy atom. The quantitative estimate of drug-likeness (QED) is 0.209. The highest BCUT2D eigenvalue weighted by atomic mass is 31.2. The molecule has 2 fully saturated rings. The van der Waals surface area contributed by atoms with Gasteiger partial charge in [0.05, 0.1) is 6.66 Å². The highest BCUT2D eigenvalue weighted by Gasteiger charge is 2.43. The Kier molecular flexibility index (Phi) is 8.17. The molecule has 2 saturated carbocycles. The minimum Gasteiger partial charge on any atom is -0.204 e. The van der Waals surface area contributed by atoms with Crippen molar-refractivity contribution >= 4 is 23.2 Å². The molecule has 4 aromatic rings. The van der Waals surface area contributed by atoms with Crippen LogP contribution in [0.2, 0.25) is 0 Å². The fraction of sp³-hybridized carbons (Fsp3) is 0.351. The average molecular weight is 554 g/mol. The second-order valence-corrected chi connectivity index (χ2v) is 15.7. The van der Waals surface area contributed by atoms with Crippen LogP contribution in [0.1, 0.15) is 74.3 Å². The zero-order valence-electron chi connectivity index (χ0n) is 23.5. The third-order valence-corrected chi connectivity index (χ3v) is 14.1. The van der Waals surface area contributed by atoms with Crippen molar-refractivity contribution in [1.82, 2.24) is 0 Å². The van der Waals surface area contributed by atoms with Gasteiger partial charge in [-0.3, -0.25) is 0 Å². The second kappa shape index (κ2) is 12.0. The molecule has 2 aliphatic carbocycles. The largest absolute Gasteiger partial charge is 0.204 e. The lowest BCUT2D eigenvalue weighted by molar-refractivity contribution is 0.177. The molecule has 0 unspecified atom stereocenters. The Morgan fingerprint density at radius 2 is 1.02 bits per heavy atom. The van der Waals surface area contributed by atoms with E-state index in [1.54, 1.807) is 16.9 Å². The van der Waals surface area contributed by atoms with Crippen molar-refractivity contribution in [2.45, 2.75) is 63.2 Å². The Hall–Kier alpha value is -2.83. The molecule has 3 heteroatoms. The molecule has 0 saturated heterocycles. The number of hydrogen-bond acceptors (Lipinski definition) is 0. The molecule has 6 rings (SSSR count). The third kappa shape index (κ3) is 5.40. The van der Waals surface area contributed by atoms with Crippen LogP contribution in [0.25, 0.3) is 0 Å². The summed E-state index contributed by atoms with van der Waals surface area (Å²) in [6.45, 7) is 2.51. The van der Waals surface area contributed by atoms with E-state index in [0.717, 1.165) is 30.2 Å². The van der Waals surface area contributed by atoms with E-state index in [0.29, 0.717) is 11.8 Å². The minimum absolute atomic E-state index is 0.368. The second-order valence-electron chi connectivity index (χ2n) is 12.1. The van der Waals surface area contributed by atoms with Crippen LogP contribution in [0.3, 0.4) is 0 Å². The molecule has 40 heavy (non-hydrogen) atoms. The van der Waals surface area contributed by atoms with Gasteiger partial charge in [-0.15, -0.1) is 0 Å². The lowest BCUT2D eigenvalue weighted by atomic mass is 9.67. The molecule has 0 aromatic heterocycles. The maximum atomic E-state index is 13.8. The minimum atomic E-state index is -1.77. The van der Waals surface area contributed by atoms with Gasteiger partial charge in [0.2, 0.25) is 0 Å². The Balaban J connectivity index is 1.17. The predicted molar refractivity (Wildman–Crippen MR) is 167 cm³/mol. The van der Waals surface area contributed by atoms with Gasteiger partial charge in [-0.2, -0.15) is 0 Å². The van der Waals surface area contributed by atoms with Crippen LogP contribution in [0, 0.1) is 23.5 Å². The van der Waals surface area contributed by atoms with Crippen LogP contribution < -0.4 is 15.9 Å². The maximum absolute atomic E-state index is 13.8. The Morgan fingerprint density at radius 3 is 1.57 bits per heavy atom. The first-order chi connectivity index (χ1) is 19.5. The fourth-order valence-corrected chi connectivity index (χ4v) is 11.3. The van der Waals surface area contributed by atoms with E-state index in [4.69, 9.17) is 0 Å². The normalized spacial score (nSPS) is 23.6.